The third-order valence-electron chi connectivity index (χ3n) is 4.72. The fraction of sp³-hybridized carbons (Fsp3) is 0.562. The SMILES string of the molecule is O=C(CC1CC2CCC1C2)Nc1ccc(CBr)cc1. The first-order valence-electron chi connectivity index (χ1n) is 7.19. The Morgan fingerprint density at radius 1 is 1.21 bits per heavy atom. The Hall–Kier alpha value is -0.830. The Morgan fingerprint density at radius 2 is 2.00 bits per heavy atom. The van der Waals surface area contributed by atoms with Crippen molar-refractivity contribution < 1.29 is 4.79 Å². The number of halogens is 1. The second-order valence-electron chi connectivity index (χ2n) is 6.02. The maximum absolute atomic E-state index is 12.1. The standard InChI is InChI=1S/C16H20BrNO/c17-10-11-2-5-15(6-3-11)18-16(19)9-14-8-12-1-4-13(14)7-12/h2-3,5-6,12-14H,1,4,7-10H2,(H,18,19). The van der Waals surface area contributed by atoms with Crippen LogP contribution in [0, 0.1) is 17.8 Å². The maximum Gasteiger partial charge on any atom is 0.224 e. The van der Waals surface area contributed by atoms with E-state index in [9.17, 15) is 4.79 Å². The number of hydrogen-bond acceptors (Lipinski definition) is 1. The van der Waals surface area contributed by atoms with E-state index in [0.717, 1.165) is 22.9 Å². The fourth-order valence-corrected chi connectivity index (χ4v) is 4.13. The number of carbonyl (C=O) groups excluding carboxylic acids is 1. The maximum atomic E-state index is 12.1. The lowest BCUT2D eigenvalue weighted by Crippen LogP contribution is -2.20. The van der Waals surface area contributed by atoms with E-state index in [1.165, 1.54) is 31.2 Å². The molecule has 2 bridgehead atoms. The summed E-state index contributed by atoms with van der Waals surface area (Å²) in [6.07, 6.45) is 6.11. The normalized spacial score (nSPS) is 28.6. The molecule has 0 aliphatic heterocycles. The van der Waals surface area contributed by atoms with Crippen molar-refractivity contribution in [2.75, 3.05) is 5.32 Å². The number of carbonyl (C=O) groups is 1. The summed E-state index contributed by atoms with van der Waals surface area (Å²) in [5.41, 5.74) is 2.14. The average molecular weight is 322 g/mol. The van der Waals surface area contributed by atoms with Crippen LogP contribution in [0.5, 0.6) is 0 Å². The first-order valence-corrected chi connectivity index (χ1v) is 8.31. The number of anilines is 1. The van der Waals surface area contributed by atoms with E-state index < -0.39 is 0 Å². The van der Waals surface area contributed by atoms with Crippen LogP contribution in [0.15, 0.2) is 24.3 Å². The Bertz CT molecular complexity index is 456. The van der Waals surface area contributed by atoms with Gasteiger partial charge in [-0.25, -0.2) is 0 Å². The van der Waals surface area contributed by atoms with E-state index >= 15 is 0 Å². The highest BCUT2D eigenvalue weighted by atomic mass is 79.9. The lowest BCUT2D eigenvalue weighted by molar-refractivity contribution is -0.117. The first kappa shape index (κ1) is 13.2. The summed E-state index contributed by atoms with van der Waals surface area (Å²) in [6, 6.07) is 8.05. The molecule has 0 spiro atoms. The Balaban J connectivity index is 1.53. The van der Waals surface area contributed by atoms with Crippen molar-refractivity contribution in [2.24, 2.45) is 17.8 Å². The van der Waals surface area contributed by atoms with Gasteiger partial charge in [-0.2, -0.15) is 0 Å². The van der Waals surface area contributed by atoms with E-state index in [2.05, 4.69) is 21.2 Å². The molecular weight excluding hydrogens is 302 g/mol. The van der Waals surface area contributed by atoms with E-state index in [1.54, 1.807) is 0 Å². The zero-order valence-electron chi connectivity index (χ0n) is 11.1. The first-order chi connectivity index (χ1) is 9.24. The summed E-state index contributed by atoms with van der Waals surface area (Å²) in [6.45, 7) is 0. The number of amides is 1. The van der Waals surface area contributed by atoms with E-state index in [-0.39, 0.29) is 5.91 Å². The quantitative estimate of drug-likeness (QED) is 0.821. The second kappa shape index (κ2) is 5.66. The number of benzene rings is 1. The minimum Gasteiger partial charge on any atom is -0.326 e. The van der Waals surface area contributed by atoms with Gasteiger partial charge in [-0.05, 0) is 54.7 Å². The van der Waals surface area contributed by atoms with Gasteiger partial charge >= 0.3 is 0 Å². The lowest BCUT2D eigenvalue weighted by atomic mass is 9.86. The van der Waals surface area contributed by atoms with Gasteiger partial charge in [0.1, 0.15) is 0 Å². The summed E-state index contributed by atoms with van der Waals surface area (Å²) < 4.78 is 0. The van der Waals surface area contributed by atoms with Gasteiger partial charge in [-0.1, -0.05) is 34.5 Å². The van der Waals surface area contributed by atoms with E-state index in [0.29, 0.717) is 12.3 Å². The highest BCUT2D eigenvalue weighted by Crippen LogP contribution is 2.49. The van der Waals surface area contributed by atoms with Crippen LogP contribution in [0.3, 0.4) is 0 Å². The van der Waals surface area contributed by atoms with Crippen LogP contribution in [-0.2, 0) is 10.1 Å². The molecule has 3 heteroatoms. The highest BCUT2D eigenvalue weighted by molar-refractivity contribution is 9.08. The Morgan fingerprint density at radius 3 is 2.58 bits per heavy atom. The van der Waals surface area contributed by atoms with Crippen molar-refractivity contribution >= 4 is 27.5 Å². The van der Waals surface area contributed by atoms with Crippen LogP contribution >= 0.6 is 15.9 Å². The fourth-order valence-electron chi connectivity index (χ4n) is 3.75. The molecule has 2 saturated carbocycles. The largest absolute Gasteiger partial charge is 0.326 e. The predicted molar refractivity (Wildman–Crippen MR) is 81.3 cm³/mol. The van der Waals surface area contributed by atoms with Crippen molar-refractivity contribution in [1.29, 1.82) is 0 Å². The highest BCUT2D eigenvalue weighted by Gasteiger charge is 2.40. The van der Waals surface area contributed by atoms with Gasteiger partial charge in [0.15, 0.2) is 0 Å². The molecule has 0 saturated heterocycles. The van der Waals surface area contributed by atoms with Crippen LogP contribution in [0.2, 0.25) is 0 Å². The zero-order valence-corrected chi connectivity index (χ0v) is 12.7. The molecule has 0 aromatic heterocycles. The molecule has 2 aliphatic carbocycles. The molecule has 0 radical (unpaired) electrons. The van der Waals surface area contributed by atoms with Gasteiger partial charge < -0.3 is 5.32 Å². The summed E-state index contributed by atoms with van der Waals surface area (Å²) in [5.74, 6) is 2.57. The zero-order chi connectivity index (χ0) is 13.2. The third-order valence-corrected chi connectivity index (χ3v) is 5.37. The van der Waals surface area contributed by atoms with Gasteiger partial charge in [0.25, 0.3) is 0 Å². The van der Waals surface area contributed by atoms with Crippen LogP contribution in [-0.4, -0.2) is 5.91 Å². The molecule has 3 atom stereocenters. The molecule has 19 heavy (non-hydrogen) atoms. The summed E-state index contributed by atoms with van der Waals surface area (Å²) in [4.78, 5) is 12.1. The minimum absolute atomic E-state index is 0.184. The topological polar surface area (TPSA) is 29.1 Å². The number of fused-ring (bicyclic) bond motifs is 2. The number of rotatable bonds is 4. The van der Waals surface area contributed by atoms with Gasteiger partial charge in [0.05, 0.1) is 0 Å². The van der Waals surface area contributed by atoms with Crippen molar-refractivity contribution in [2.45, 2.75) is 37.4 Å². The predicted octanol–water partition coefficient (Wildman–Crippen LogP) is 4.35. The molecule has 0 heterocycles. The van der Waals surface area contributed by atoms with Crippen molar-refractivity contribution in [1.82, 2.24) is 0 Å². The van der Waals surface area contributed by atoms with Crippen LogP contribution in [0.1, 0.15) is 37.7 Å². The minimum atomic E-state index is 0.184. The van der Waals surface area contributed by atoms with Crippen LogP contribution in [0.4, 0.5) is 5.69 Å². The average Bonchev–Trinajstić information content (AvgIpc) is 3.02. The summed E-state index contributed by atoms with van der Waals surface area (Å²) in [5, 5.41) is 3.88. The van der Waals surface area contributed by atoms with Crippen molar-refractivity contribution in [3.63, 3.8) is 0 Å². The molecule has 1 N–H and O–H groups in total. The number of alkyl halides is 1. The van der Waals surface area contributed by atoms with E-state index in [4.69, 9.17) is 0 Å². The number of hydrogen-bond donors (Lipinski definition) is 1. The Kier molecular flexibility index (Phi) is 3.92. The molecule has 2 aliphatic rings. The molecule has 2 nitrogen and oxygen atoms in total. The molecule has 3 unspecified atom stereocenters. The second-order valence-corrected chi connectivity index (χ2v) is 6.58. The Labute approximate surface area is 123 Å². The smallest absolute Gasteiger partial charge is 0.224 e. The molecule has 3 rings (SSSR count). The van der Waals surface area contributed by atoms with Gasteiger partial charge in [0, 0.05) is 17.4 Å². The van der Waals surface area contributed by atoms with Crippen LogP contribution < -0.4 is 5.32 Å². The molecule has 1 aromatic carbocycles. The molecule has 1 aromatic rings. The molecule has 102 valence electrons. The van der Waals surface area contributed by atoms with Gasteiger partial charge in [-0.3, -0.25) is 4.79 Å². The van der Waals surface area contributed by atoms with Gasteiger partial charge in [0.2, 0.25) is 5.91 Å². The molecule has 1 amide bonds. The van der Waals surface area contributed by atoms with Crippen molar-refractivity contribution in [3.8, 4) is 0 Å². The monoisotopic (exact) mass is 321 g/mol. The third kappa shape index (κ3) is 3.02. The summed E-state index contributed by atoms with van der Waals surface area (Å²) >= 11 is 3.42. The van der Waals surface area contributed by atoms with Crippen LogP contribution in [0.25, 0.3) is 0 Å². The number of nitrogens with one attached hydrogen (secondary N) is 1. The molecule has 2 fully saturated rings. The lowest BCUT2D eigenvalue weighted by Gasteiger charge is -2.20. The van der Waals surface area contributed by atoms with Crippen molar-refractivity contribution in [3.05, 3.63) is 29.8 Å². The summed E-state index contributed by atoms with van der Waals surface area (Å²) in [7, 11) is 0. The van der Waals surface area contributed by atoms with Gasteiger partial charge in [-0.15, -0.1) is 0 Å². The molecular formula is C16H20BrNO. The van der Waals surface area contributed by atoms with E-state index in [1.807, 2.05) is 24.3 Å².